The van der Waals surface area contributed by atoms with Gasteiger partial charge in [-0.15, -0.1) is 11.6 Å². The first-order valence-electron chi connectivity index (χ1n) is 5.37. The van der Waals surface area contributed by atoms with Gasteiger partial charge in [-0.2, -0.15) is 0 Å². The van der Waals surface area contributed by atoms with Gasteiger partial charge in [-0.1, -0.05) is 12.2 Å². The van der Waals surface area contributed by atoms with E-state index in [9.17, 15) is 0 Å². The summed E-state index contributed by atoms with van der Waals surface area (Å²) in [6.45, 7) is 1.61. The molecule has 1 heterocycles. The Balaban J connectivity index is 1.92. The minimum absolute atomic E-state index is 0.0465. The zero-order chi connectivity index (χ0) is 10.1. The third-order valence-corrected chi connectivity index (χ3v) is 2.39. The quantitative estimate of drug-likeness (QED) is 0.388. The summed E-state index contributed by atoms with van der Waals surface area (Å²) in [5, 5.41) is 0. The molecule has 1 aliphatic rings. The van der Waals surface area contributed by atoms with E-state index in [0.29, 0.717) is 5.88 Å². The van der Waals surface area contributed by atoms with Gasteiger partial charge in [0.05, 0.1) is 6.61 Å². The molecule has 0 saturated carbocycles. The second kappa shape index (κ2) is 8.27. The highest BCUT2D eigenvalue weighted by atomic mass is 35.5. The van der Waals surface area contributed by atoms with Crippen LogP contribution >= 0.6 is 11.6 Å². The molecule has 1 unspecified atom stereocenters. The number of allylic oxidation sites excluding steroid dienone is 1. The summed E-state index contributed by atoms with van der Waals surface area (Å²) in [7, 11) is 0. The molecule has 0 N–H and O–H groups in total. The van der Waals surface area contributed by atoms with Gasteiger partial charge >= 0.3 is 0 Å². The molecule has 0 radical (unpaired) electrons. The van der Waals surface area contributed by atoms with E-state index in [1.54, 1.807) is 0 Å². The molecule has 0 aromatic carbocycles. The number of halogens is 1. The molecule has 2 nitrogen and oxygen atoms in total. The van der Waals surface area contributed by atoms with Crippen LogP contribution in [0.3, 0.4) is 0 Å². The molecule has 0 amide bonds. The Hall–Kier alpha value is -0.0500. The van der Waals surface area contributed by atoms with Crippen molar-refractivity contribution in [1.82, 2.24) is 0 Å². The summed E-state index contributed by atoms with van der Waals surface area (Å²) in [5.41, 5.74) is 0. The molecule has 1 atom stereocenters. The first-order valence-corrected chi connectivity index (χ1v) is 5.91. The Kier molecular flexibility index (Phi) is 7.10. The van der Waals surface area contributed by atoms with Crippen molar-refractivity contribution >= 4 is 11.6 Å². The van der Waals surface area contributed by atoms with Crippen LogP contribution in [0.2, 0.25) is 0 Å². The van der Waals surface area contributed by atoms with Crippen LogP contribution in [0, 0.1) is 0 Å². The molecule has 0 aliphatic carbocycles. The zero-order valence-corrected chi connectivity index (χ0v) is 9.34. The van der Waals surface area contributed by atoms with Gasteiger partial charge in [-0.25, -0.2) is 0 Å². The fraction of sp³-hybridized carbons (Fsp3) is 0.818. The van der Waals surface area contributed by atoms with E-state index in [4.69, 9.17) is 21.1 Å². The molecule has 0 bridgehead atoms. The molecular weight excluding hydrogens is 200 g/mol. The lowest BCUT2D eigenvalue weighted by molar-refractivity contribution is -0.161. The highest BCUT2D eigenvalue weighted by molar-refractivity contribution is 6.17. The monoisotopic (exact) mass is 218 g/mol. The average molecular weight is 219 g/mol. The van der Waals surface area contributed by atoms with Crippen LogP contribution in [-0.2, 0) is 9.47 Å². The first-order chi connectivity index (χ1) is 6.93. The van der Waals surface area contributed by atoms with Gasteiger partial charge in [0.2, 0.25) is 0 Å². The van der Waals surface area contributed by atoms with Crippen LogP contribution in [-0.4, -0.2) is 25.4 Å². The van der Waals surface area contributed by atoms with Crippen molar-refractivity contribution in [2.24, 2.45) is 0 Å². The van der Waals surface area contributed by atoms with E-state index in [2.05, 4.69) is 12.2 Å². The number of alkyl halides is 1. The third kappa shape index (κ3) is 5.63. The maximum absolute atomic E-state index is 5.56. The topological polar surface area (TPSA) is 18.5 Å². The van der Waals surface area contributed by atoms with E-state index < -0.39 is 0 Å². The summed E-state index contributed by atoms with van der Waals surface area (Å²) in [6.07, 6.45) is 9.61. The lowest BCUT2D eigenvalue weighted by Crippen LogP contribution is -2.22. The predicted octanol–water partition coefficient (Wildman–Crippen LogP) is 3.10. The minimum Gasteiger partial charge on any atom is -0.353 e. The number of ether oxygens (including phenoxy) is 2. The molecule has 1 rings (SSSR count). The van der Waals surface area contributed by atoms with Crippen molar-refractivity contribution < 1.29 is 9.47 Å². The lowest BCUT2D eigenvalue weighted by Gasteiger charge is -2.22. The largest absolute Gasteiger partial charge is 0.353 e. The standard InChI is InChI=1S/C11H19ClO2/c12-8-4-1-2-5-9-13-11-7-3-6-10-14-11/h1-2,11H,3-10H2/b2-1-. The highest BCUT2D eigenvalue weighted by Crippen LogP contribution is 2.13. The van der Waals surface area contributed by atoms with Gasteiger partial charge in [-0.05, 0) is 32.1 Å². The summed E-state index contributed by atoms with van der Waals surface area (Å²) in [6, 6.07) is 0. The van der Waals surface area contributed by atoms with Gasteiger partial charge in [0.25, 0.3) is 0 Å². The van der Waals surface area contributed by atoms with Crippen LogP contribution in [0.1, 0.15) is 32.1 Å². The van der Waals surface area contributed by atoms with Crippen molar-refractivity contribution in [2.45, 2.75) is 38.4 Å². The second-order valence-corrected chi connectivity index (χ2v) is 3.78. The smallest absolute Gasteiger partial charge is 0.157 e. The van der Waals surface area contributed by atoms with Crippen LogP contribution < -0.4 is 0 Å². The molecule has 1 fully saturated rings. The van der Waals surface area contributed by atoms with E-state index in [0.717, 1.165) is 32.5 Å². The molecule has 0 aromatic heterocycles. The van der Waals surface area contributed by atoms with Crippen molar-refractivity contribution in [3.05, 3.63) is 12.2 Å². The minimum atomic E-state index is 0.0465. The SMILES string of the molecule is ClCC/C=C\CCOC1CCCCO1. The van der Waals surface area contributed by atoms with Gasteiger partial charge < -0.3 is 9.47 Å². The predicted molar refractivity (Wildman–Crippen MR) is 58.6 cm³/mol. The van der Waals surface area contributed by atoms with Crippen LogP contribution in [0.4, 0.5) is 0 Å². The molecule has 1 saturated heterocycles. The molecule has 3 heteroatoms. The maximum Gasteiger partial charge on any atom is 0.157 e. The first kappa shape index (κ1) is 12.0. The normalized spacial score (nSPS) is 23.1. The Morgan fingerprint density at radius 2 is 2.14 bits per heavy atom. The summed E-state index contributed by atoms with van der Waals surface area (Å²) in [4.78, 5) is 0. The molecule has 82 valence electrons. The van der Waals surface area contributed by atoms with Gasteiger partial charge in [-0.3, -0.25) is 0 Å². The van der Waals surface area contributed by atoms with Crippen LogP contribution in [0.15, 0.2) is 12.2 Å². The fourth-order valence-electron chi connectivity index (χ4n) is 1.41. The van der Waals surface area contributed by atoms with Gasteiger partial charge in [0, 0.05) is 12.5 Å². The lowest BCUT2D eigenvalue weighted by atomic mass is 10.2. The number of rotatable bonds is 6. The Morgan fingerprint density at radius 3 is 2.86 bits per heavy atom. The van der Waals surface area contributed by atoms with Crippen LogP contribution in [0.25, 0.3) is 0 Å². The van der Waals surface area contributed by atoms with Crippen LogP contribution in [0.5, 0.6) is 0 Å². The summed E-state index contributed by atoms with van der Waals surface area (Å²) >= 11 is 5.53. The van der Waals surface area contributed by atoms with Gasteiger partial charge in [0.1, 0.15) is 0 Å². The second-order valence-electron chi connectivity index (χ2n) is 3.40. The Labute approximate surface area is 91.2 Å². The Morgan fingerprint density at radius 1 is 1.29 bits per heavy atom. The van der Waals surface area contributed by atoms with Crippen molar-refractivity contribution in [1.29, 1.82) is 0 Å². The number of hydrogen-bond donors (Lipinski definition) is 0. The van der Waals surface area contributed by atoms with E-state index in [-0.39, 0.29) is 6.29 Å². The zero-order valence-electron chi connectivity index (χ0n) is 8.58. The van der Waals surface area contributed by atoms with Crippen molar-refractivity contribution in [3.63, 3.8) is 0 Å². The van der Waals surface area contributed by atoms with Crippen molar-refractivity contribution in [3.8, 4) is 0 Å². The van der Waals surface area contributed by atoms with E-state index in [1.165, 1.54) is 12.8 Å². The molecular formula is C11H19ClO2. The highest BCUT2D eigenvalue weighted by Gasteiger charge is 2.12. The molecule has 0 spiro atoms. The number of hydrogen-bond acceptors (Lipinski definition) is 2. The fourth-order valence-corrected chi connectivity index (χ4v) is 1.53. The van der Waals surface area contributed by atoms with E-state index in [1.807, 2.05) is 0 Å². The van der Waals surface area contributed by atoms with Crippen molar-refractivity contribution in [2.75, 3.05) is 19.1 Å². The third-order valence-electron chi connectivity index (χ3n) is 2.17. The summed E-state index contributed by atoms with van der Waals surface area (Å²) in [5.74, 6) is 0.698. The maximum atomic E-state index is 5.56. The average Bonchev–Trinajstić information content (AvgIpc) is 2.25. The van der Waals surface area contributed by atoms with Gasteiger partial charge in [0.15, 0.2) is 6.29 Å². The Bertz CT molecular complexity index is 153. The molecule has 0 aromatic rings. The molecule has 14 heavy (non-hydrogen) atoms. The summed E-state index contributed by atoms with van der Waals surface area (Å²) < 4.78 is 11.0. The molecule has 1 aliphatic heterocycles. The van der Waals surface area contributed by atoms with E-state index >= 15 is 0 Å².